The quantitative estimate of drug-likeness (QED) is 0.743. The number of carboxylic acids is 1. The number of aliphatic carboxylic acids is 1. The zero-order valence-electron chi connectivity index (χ0n) is 12.8. The zero-order valence-corrected chi connectivity index (χ0v) is 12.8. The van der Waals surface area contributed by atoms with Crippen LogP contribution in [0.3, 0.4) is 0 Å². The maximum absolute atomic E-state index is 12.7. The Morgan fingerprint density at radius 3 is 2.57 bits per heavy atom. The molecule has 0 spiro atoms. The first-order chi connectivity index (χ1) is 11.0. The van der Waals surface area contributed by atoms with Gasteiger partial charge < -0.3 is 14.9 Å². The maximum Gasteiger partial charge on any atom is 0.227 e. The van der Waals surface area contributed by atoms with Crippen LogP contribution in [-0.4, -0.2) is 21.7 Å². The fourth-order valence-electron chi connectivity index (χ4n) is 2.68. The topological polar surface area (TPSA) is 85.9 Å². The smallest absolute Gasteiger partial charge is 0.227 e. The molecule has 0 amide bonds. The highest BCUT2D eigenvalue weighted by Gasteiger charge is 2.20. The van der Waals surface area contributed by atoms with Gasteiger partial charge in [-0.2, -0.15) is 0 Å². The number of carbonyl (C=O) groups is 2. The van der Waals surface area contributed by atoms with E-state index in [9.17, 15) is 14.7 Å². The molecule has 5 nitrogen and oxygen atoms in total. The van der Waals surface area contributed by atoms with E-state index in [-0.39, 0.29) is 23.6 Å². The number of rotatable bonds is 4. The number of carboxylic acid groups (broad SMARTS) is 1. The number of aromatic amines is 1. The molecule has 1 N–H and O–H groups in total. The molecule has 0 aliphatic carbocycles. The van der Waals surface area contributed by atoms with E-state index in [0.29, 0.717) is 5.56 Å². The number of nitrogens with zero attached hydrogens (tertiary/aromatic N) is 1. The predicted molar refractivity (Wildman–Crippen MR) is 84.2 cm³/mol. The number of benzene rings is 1. The number of aryl methyl sites for hydroxylation is 2. The molecule has 0 saturated carbocycles. The van der Waals surface area contributed by atoms with Crippen LogP contribution in [-0.2, 0) is 11.2 Å². The maximum atomic E-state index is 12.7. The lowest BCUT2D eigenvalue weighted by Gasteiger charge is -2.05. The van der Waals surface area contributed by atoms with E-state index in [4.69, 9.17) is 0 Å². The van der Waals surface area contributed by atoms with Crippen LogP contribution in [0, 0.1) is 13.8 Å². The molecule has 23 heavy (non-hydrogen) atoms. The van der Waals surface area contributed by atoms with Crippen LogP contribution in [0.15, 0.2) is 36.5 Å². The molecule has 0 atom stereocenters. The first-order valence-corrected chi connectivity index (χ1v) is 7.24. The minimum atomic E-state index is -1.22. The van der Waals surface area contributed by atoms with Gasteiger partial charge in [-0.05, 0) is 48.7 Å². The summed E-state index contributed by atoms with van der Waals surface area (Å²) in [6.07, 6.45) is 1.24. The van der Waals surface area contributed by atoms with Crippen LogP contribution in [0.4, 0.5) is 0 Å². The summed E-state index contributed by atoms with van der Waals surface area (Å²) < 4.78 is 0. The van der Waals surface area contributed by atoms with Gasteiger partial charge in [0.05, 0.1) is 5.69 Å². The average Bonchev–Trinajstić information content (AvgIpc) is 2.83. The number of hydrogen-bond acceptors (Lipinski definition) is 4. The Bertz CT molecular complexity index is 925. The summed E-state index contributed by atoms with van der Waals surface area (Å²) in [5.41, 5.74) is 3.65. The zero-order chi connectivity index (χ0) is 16.6. The highest BCUT2D eigenvalue weighted by Crippen LogP contribution is 2.25. The number of nitrogens with one attached hydrogen (secondary N) is 1. The molecule has 0 aliphatic heterocycles. The third-order valence-corrected chi connectivity index (χ3v) is 3.76. The van der Waals surface area contributed by atoms with Gasteiger partial charge in [0.2, 0.25) is 5.78 Å². The van der Waals surface area contributed by atoms with Crippen molar-refractivity contribution in [3.05, 3.63) is 64.6 Å². The third-order valence-electron chi connectivity index (χ3n) is 3.76. The van der Waals surface area contributed by atoms with Crippen molar-refractivity contribution in [3.63, 3.8) is 0 Å². The van der Waals surface area contributed by atoms with Crippen molar-refractivity contribution in [2.75, 3.05) is 0 Å². The molecule has 0 saturated heterocycles. The third kappa shape index (κ3) is 2.85. The Kier molecular flexibility index (Phi) is 3.70. The van der Waals surface area contributed by atoms with Gasteiger partial charge in [0.1, 0.15) is 5.69 Å². The summed E-state index contributed by atoms with van der Waals surface area (Å²) in [7, 11) is 0. The number of carbonyl (C=O) groups excluding carboxylic acids is 2. The highest BCUT2D eigenvalue weighted by atomic mass is 16.4. The standard InChI is InChI=1S/C18H16N2O3/c1-10-3-4-12-13(9-16(21)22)17(20-14(12)7-10)18(23)15-8-11(2)5-6-19-15/h3-8,20H,9H2,1-2H3,(H,21,22)/p-1. The summed E-state index contributed by atoms with van der Waals surface area (Å²) in [6, 6.07) is 9.07. The summed E-state index contributed by atoms with van der Waals surface area (Å²) in [5.74, 6) is -1.54. The summed E-state index contributed by atoms with van der Waals surface area (Å²) in [6.45, 7) is 3.80. The Labute approximate surface area is 133 Å². The molecule has 0 bridgehead atoms. The van der Waals surface area contributed by atoms with E-state index in [1.165, 1.54) is 0 Å². The fourth-order valence-corrected chi connectivity index (χ4v) is 2.68. The molecular weight excluding hydrogens is 292 g/mol. The number of ketones is 1. The Hall–Kier alpha value is -2.95. The van der Waals surface area contributed by atoms with Crippen LogP contribution >= 0.6 is 0 Å². The van der Waals surface area contributed by atoms with E-state index in [2.05, 4.69) is 9.97 Å². The van der Waals surface area contributed by atoms with Crippen molar-refractivity contribution in [2.45, 2.75) is 20.3 Å². The van der Waals surface area contributed by atoms with Gasteiger partial charge in [-0.15, -0.1) is 0 Å². The molecule has 2 heterocycles. The molecule has 3 aromatic rings. The largest absolute Gasteiger partial charge is 0.550 e. The van der Waals surface area contributed by atoms with Gasteiger partial charge in [-0.1, -0.05) is 12.1 Å². The van der Waals surface area contributed by atoms with Crippen molar-refractivity contribution < 1.29 is 14.7 Å². The molecule has 2 aromatic heterocycles. The Balaban J connectivity index is 2.19. The second-order valence-electron chi connectivity index (χ2n) is 5.62. The summed E-state index contributed by atoms with van der Waals surface area (Å²) >= 11 is 0. The van der Waals surface area contributed by atoms with Crippen molar-refractivity contribution >= 4 is 22.7 Å². The van der Waals surface area contributed by atoms with Gasteiger partial charge in [-0.3, -0.25) is 9.78 Å². The molecule has 0 radical (unpaired) electrons. The minimum Gasteiger partial charge on any atom is -0.550 e. The molecule has 1 aromatic carbocycles. The van der Waals surface area contributed by atoms with E-state index in [1.54, 1.807) is 18.3 Å². The number of fused-ring (bicyclic) bond motifs is 1. The van der Waals surface area contributed by atoms with Gasteiger partial charge >= 0.3 is 0 Å². The van der Waals surface area contributed by atoms with Crippen molar-refractivity contribution in [2.24, 2.45) is 0 Å². The molecule has 116 valence electrons. The van der Waals surface area contributed by atoms with E-state index >= 15 is 0 Å². The fraction of sp³-hybridized carbons (Fsp3) is 0.167. The van der Waals surface area contributed by atoms with Crippen molar-refractivity contribution in [3.8, 4) is 0 Å². The van der Waals surface area contributed by atoms with Crippen LogP contribution in [0.1, 0.15) is 32.9 Å². The molecule has 0 fully saturated rings. The minimum absolute atomic E-state index is 0.257. The van der Waals surface area contributed by atoms with Gasteiger partial charge in [0, 0.05) is 29.5 Å². The van der Waals surface area contributed by atoms with Gasteiger partial charge in [0.15, 0.2) is 0 Å². The normalized spacial score (nSPS) is 10.9. The molecular formula is C18H15N2O3-. The van der Waals surface area contributed by atoms with Crippen molar-refractivity contribution in [1.29, 1.82) is 0 Å². The second-order valence-corrected chi connectivity index (χ2v) is 5.62. The molecule has 0 aliphatic rings. The molecule has 5 heteroatoms. The lowest BCUT2D eigenvalue weighted by molar-refractivity contribution is -0.304. The van der Waals surface area contributed by atoms with Crippen LogP contribution < -0.4 is 5.11 Å². The monoisotopic (exact) mass is 307 g/mol. The Morgan fingerprint density at radius 1 is 1.13 bits per heavy atom. The Morgan fingerprint density at radius 2 is 1.87 bits per heavy atom. The second kappa shape index (κ2) is 5.68. The highest BCUT2D eigenvalue weighted by molar-refractivity contribution is 6.11. The molecule has 0 unspecified atom stereocenters. The van der Waals surface area contributed by atoms with E-state index in [0.717, 1.165) is 22.0 Å². The first-order valence-electron chi connectivity index (χ1n) is 7.24. The molecule has 3 rings (SSSR count). The van der Waals surface area contributed by atoms with Gasteiger partial charge in [-0.25, -0.2) is 0 Å². The lowest BCUT2D eigenvalue weighted by Crippen LogP contribution is -2.25. The van der Waals surface area contributed by atoms with Crippen LogP contribution in [0.25, 0.3) is 10.9 Å². The number of pyridine rings is 1. The first kappa shape index (κ1) is 15.0. The summed E-state index contributed by atoms with van der Waals surface area (Å²) in [5, 5.41) is 11.8. The van der Waals surface area contributed by atoms with Crippen LogP contribution in [0.5, 0.6) is 0 Å². The van der Waals surface area contributed by atoms with E-state index in [1.807, 2.05) is 32.0 Å². The van der Waals surface area contributed by atoms with Crippen LogP contribution in [0.2, 0.25) is 0 Å². The van der Waals surface area contributed by atoms with Crippen molar-refractivity contribution in [1.82, 2.24) is 9.97 Å². The van der Waals surface area contributed by atoms with E-state index < -0.39 is 5.97 Å². The number of hydrogen-bond donors (Lipinski definition) is 1. The number of H-pyrrole nitrogens is 1. The SMILES string of the molecule is Cc1ccnc(C(=O)c2[nH]c3cc(C)ccc3c2CC(=O)[O-])c1. The predicted octanol–water partition coefficient (Wildman–Crippen LogP) is 1.70. The average molecular weight is 307 g/mol. The number of aromatic nitrogens is 2. The summed E-state index contributed by atoms with van der Waals surface area (Å²) in [4.78, 5) is 31.0. The van der Waals surface area contributed by atoms with Gasteiger partial charge in [0.25, 0.3) is 0 Å². The lowest BCUT2D eigenvalue weighted by atomic mass is 10.0.